The quantitative estimate of drug-likeness (QED) is 0.848. The maximum Gasteiger partial charge on any atom is 0.123 e. The van der Waals surface area contributed by atoms with Crippen LogP contribution in [0.2, 0.25) is 0 Å². The van der Waals surface area contributed by atoms with Crippen molar-refractivity contribution < 1.29 is 4.39 Å². The predicted molar refractivity (Wildman–Crippen MR) is 84.6 cm³/mol. The molecule has 5 heteroatoms. The van der Waals surface area contributed by atoms with Gasteiger partial charge < -0.3 is 10.6 Å². The Morgan fingerprint density at radius 3 is 2.38 bits per heavy atom. The highest BCUT2D eigenvalue weighted by atomic mass is 19.1. The number of hydrogen-bond acceptors (Lipinski definition) is 4. The van der Waals surface area contributed by atoms with Crippen molar-refractivity contribution in [3.8, 4) is 0 Å². The van der Waals surface area contributed by atoms with Crippen LogP contribution >= 0.6 is 0 Å². The van der Waals surface area contributed by atoms with Crippen LogP contribution in [0.5, 0.6) is 0 Å². The van der Waals surface area contributed by atoms with E-state index in [1.54, 1.807) is 6.07 Å². The molecule has 0 aromatic heterocycles. The molecular formula is C16H27FN4. The maximum absolute atomic E-state index is 13.2. The van der Waals surface area contributed by atoms with Gasteiger partial charge in [0.15, 0.2) is 0 Å². The zero-order valence-electron chi connectivity index (χ0n) is 13.2. The lowest BCUT2D eigenvalue weighted by atomic mass is 10.1. The molecule has 1 fully saturated rings. The lowest BCUT2D eigenvalue weighted by Gasteiger charge is -2.35. The van der Waals surface area contributed by atoms with Crippen molar-refractivity contribution in [1.82, 2.24) is 14.7 Å². The molecule has 2 rings (SSSR count). The lowest BCUT2D eigenvalue weighted by Crippen LogP contribution is -2.47. The van der Waals surface area contributed by atoms with Crippen LogP contribution in [-0.4, -0.2) is 68.1 Å². The number of likely N-dealkylation sites (N-methyl/N-ethyl adjacent to an activating group) is 1. The van der Waals surface area contributed by atoms with Gasteiger partial charge in [0.05, 0.1) is 0 Å². The van der Waals surface area contributed by atoms with E-state index >= 15 is 0 Å². The second-order valence-corrected chi connectivity index (χ2v) is 6.04. The zero-order chi connectivity index (χ0) is 15.2. The minimum atomic E-state index is -0.201. The van der Waals surface area contributed by atoms with E-state index in [0.717, 1.165) is 56.9 Å². The van der Waals surface area contributed by atoms with Crippen molar-refractivity contribution in [2.24, 2.45) is 5.73 Å². The molecule has 2 N–H and O–H groups in total. The fourth-order valence-electron chi connectivity index (χ4n) is 2.69. The number of halogens is 1. The first kappa shape index (κ1) is 16.4. The van der Waals surface area contributed by atoms with Crippen LogP contribution in [0.25, 0.3) is 0 Å². The highest BCUT2D eigenvalue weighted by molar-refractivity contribution is 5.27. The average molecular weight is 294 g/mol. The standard InChI is InChI=1S/C16H27FN4/c1-19(2)5-6-20-7-9-21(10-8-20)13-14-3-4-16(17)11-15(14)12-18/h3-4,11H,5-10,12-13,18H2,1-2H3. The van der Waals surface area contributed by atoms with Gasteiger partial charge in [-0.15, -0.1) is 0 Å². The van der Waals surface area contributed by atoms with Gasteiger partial charge in [-0.25, -0.2) is 4.39 Å². The predicted octanol–water partition coefficient (Wildman–Crippen LogP) is 0.964. The Balaban J connectivity index is 1.83. The van der Waals surface area contributed by atoms with Gasteiger partial charge in [0.1, 0.15) is 5.82 Å². The smallest absolute Gasteiger partial charge is 0.123 e. The molecule has 1 aliphatic rings. The van der Waals surface area contributed by atoms with Crippen LogP contribution in [0.3, 0.4) is 0 Å². The summed E-state index contributed by atoms with van der Waals surface area (Å²) < 4.78 is 13.2. The molecular weight excluding hydrogens is 267 g/mol. The minimum absolute atomic E-state index is 0.201. The fourth-order valence-corrected chi connectivity index (χ4v) is 2.69. The summed E-state index contributed by atoms with van der Waals surface area (Å²) in [7, 11) is 4.22. The van der Waals surface area contributed by atoms with E-state index in [0.29, 0.717) is 6.54 Å². The molecule has 0 unspecified atom stereocenters. The van der Waals surface area contributed by atoms with Crippen molar-refractivity contribution in [2.45, 2.75) is 13.1 Å². The Labute approximate surface area is 127 Å². The van der Waals surface area contributed by atoms with Crippen molar-refractivity contribution >= 4 is 0 Å². The fraction of sp³-hybridized carbons (Fsp3) is 0.625. The summed E-state index contributed by atoms with van der Waals surface area (Å²) in [5, 5.41) is 0. The van der Waals surface area contributed by atoms with Crippen LogP contribution < -0.4 is 5.73 Å². The topological polar surface area (TPSA) is 35.7 Å². The second-order valence-electron chi connectivity index (χ2n) is 6.04. The molecule has 0 amide bonds. The number of nitrogens with zero attached hydrogens (tertiary/aromatic N) is 3. The number of hydrogen-bond donors (Lipinski definition) is 1. The van der Waals surface area contributed by atoms with Gasteiger partial charge in [0.25, 0.3) is 0 Å². The van der Waals surface area contributed by atoms with E-state index in [1.165, 1.54) is 6.07 Å². The Morgan fingerprint density at radius 1 is 1.10 bits per heavy atom. The molecule has 0 atom stereocenters. The Morgan fingerprint density at radius 2 is 1.76 bits per heavy atom. The summed E-state index contributed by atoms with van der Waals surface area (Å²) in [6.45, 7) is 7.84. The van der Waals surface area contributed by atoms with E-state index in [4.69, 9.17) is 5.73 Å². The van der Waals surface area contributed by atoms with Crippen LogP contribution in [0.4, 0.5) is 4.39 Å². The first-order valence-electron chi connectivity index (χ1n) is 7.65. The van der Waals surface area contributed by atoms with Crippen LogP contribution in [0.1, 0.15) is 11.1 Å². The average Bonchev–Trinajstić information content (AvgIpc) is 2.48. The number of piperazine rings is 1. The molecule has 0 bridgehead atoms. The molecule has 0 radical (unpaired) electrons. The van der Waals surface area contributed by atoms with Crippen LogP contribution in [-0.2, 0) is 13.1 Å². The van der Waals surface area contributed by atoms with Crippen molar-refractivity contribution in [3.05, 3.63) is 35.1 Å². The van der Waals surface area contributed by atoms with Gasteiger partial charge in [-0.2, -0.15) is 0 Å². The summed E-state index contributed by atoms with van der Waals surface area (Å²) in [6.07, 6.45) is 0. The molecule has 118 valence electrons. The molecule has 1 aliphatic heterocycles. The summed E-state index contributed by atoms with van der Waals surface area (Å²) in [5.74, 6) is -0.201. The maximum atomic E-state index is 13.2. The first-order valence-corrected chi connectivity index (χ1v) is 7.65. The van der Waals surface area contributed by atoms with E-state index < -0.39 is 0 Å². The highest BCUT2D eigenvalue weighted by Crippen LogP contribution is 2.15. The molecule has 1 aromatic carbocycles. The van der Waals surface area contributed by atoms with Crippen molar-refractivity contribution in [1.29, 1.82) is 0 Å². The van der Waals surface area contributed by atoms with E-state index in [9.17, 15) is 4.39 Å². The summed E-state index contributed by atoms with van der Waals surface area (Å²) >= 11 is 0. The number of nitrogens with two attached hydrogens (primary N) is 1. The van der Waals surface area contributed by atoms with Crippen LogP contribution in [0.15, 0.2) is 18.2 Å². The van der Waals surface area contributed by atoms with E-state index in [1.807, 2.05) is 6.07 Å². The summed E-state index contributed by atoms with van der Waals surface area (Å²) in [4.78, 5) is 7.15. The third-order valence-electron chi connectivity index (χ3n) is 4.11. The third-order valence-corrected chi connectivity index (χ3v) is 4.11. The van der Waals surface area contributed by atoms with Gasteiger partial charge in [-0.3, -0.25) is 9.80 Å². The minimum Gasteiger partial charge on any atom is -0.326 e. The molecule has 0 saturated carbocycles. The van der Waals surface area contributed by atoms with Gasteiger partial charge >= 0.3 is 0 Å². The summed E-state index contributed by atoms with van der Waals surface area (Å²) in [6, 6.07) is 4.96. The Hall–Kier alpha value is -1.01. The molecule has 21 heavy (non-hydrogen) atoms. The number of benzene rings is 1. The third kappa shape index (κ3) is 5.04. The van der Waals surface area contributed by atoms with E-state index in [-0.39, 0.29) is 5.82 Å². The molecule has 1 saturated heterocycles. The van der Waals surface area contributed by atoms with Crippen molar-refractivity contribution in [2.75, 3.05) is 53.4 Å². The normalized spacial score (nSPS) is 17.6. The monoisotopic (exact) mass is 294 g/mol. The highest BCUT2D eigenvalue weighted by Gasteiger charge is 2.17. The summed E-state index contributed by atoms with van der Waals surface area (Å²) in [5.41, 5.74) is 7.79. The molecule has 1 heterocycles. The Bertz CT molecular complexity index is 442. The van der Waals surface area contributed by atoms with Crippen LogP contribution in [0, 0.1) is 5.82 Å². The second kappa shape index (κ2) is 7.84. The SMILES string of the molecule is CN(C)CCN1CCN(Cc2ccc(F)cc2CN)CC1. The first-order chi connectivity index (χ1) is 10.1. The molecule has 4 nitrogen and oxygen atoms in total. The molecule has 0 aliphatic carbocycles. The van der Waals surface area contributed by atoms with Crippen molar-refractivity contribution in [3.63, 3.8) is 0 Å². The Kier molecular flexibility index (Phi) is 6.11. The number of rotatable bonds is 6. The molecule has 0 spiro atoms. The largest absolute Gasteiger partial charge is 0.326 e. The lowest BCUT2D eigenvalue weighted by molar-refractivity contribution is 0.120. The zero-order valence-corrected chi connectivity index (χ0v) is 13.2. The van der Waals surface area contributed by atoms with Gasteiger partial charge in [0.2, 0.25) is 0 Å². The van der Waals surface area contributed by atoms with E-state index in [2.05, 4.69) is 28.8 Å². The molecule has 1 aromatic rings. The van der Waals surface area contributed by atoms with Gasteiger partial charge in [0, 0.05) is 52.4 Å². The van der Waals surface area contributed by atoms with Gasteiger partial charge in [-0.1, -0.05) is 6.07 Å². The van der Waals surface area contributed by atoms with Gasteiger partial charge in [-0.05, 0) is 37.4 Å².